The fourth-order valence-corrected chi connectivity index (χ4v) is 7.24. The van der Waals surface area contributed by atoms with Gasteiger partial charge < -0.3 is 14.6 Å². The van der Waals surface area contributed by atoms with Gasteiger partial charge in [-0.2, -0.15) is 0 Å². The summed E-state index contributed by atoms with van der Waals surface area (Å²) < 4.78 is 11.2. The van der Waals surface area contributed by atoms with Gasteiger partial charge in [-0.25, -0.2) is 0 Å². The van der Waals surface area contributed by atoms with Gasteiger partial charge in [0.05, 0.1) is 13.2 Å². The van der Waals surface area contributed by atoms with Crippen molar-refractivity contribution in [2.24, 2.45) is 0 Å². The second-order valence-electron chi connectivity index (χ2n) is 16.5. The second-order valence-corrected chi connectivity index (χ2v) is 16.5. The lowest BCUT2D eigenvalue weighted by Crippen LogP contribution is -2.27. The highest BCUT2D eigenvalue weighted by Crippen LogP contribution is 2.15. The second kappa shape index (κ2) is 48.8. The van der Waals surface area contributed by atoms with Gasteiger partial charge >= 0.3 is 5.97 Å². The summed E-state index contributed by atoms with van der Waals surface area (Å²) in [6.45, 7) is 5.34. The van der Waals surface area contributed by atoms with Gasteiger partial charge in [0, 0.05) is 13.0 Å². The highest BCUT2D eigenvalue weighted by atomic mass is 16.6. The van der Waals surface area contributed by atoms with Gasteiger partial charge in [-0.05, 0) is 70.6 Å². The molecule has 0 rings (SSSR count). The van der Waals surface area contributed by atoms with Crippen molar-refractivity contribution >= 4 is 5.97 Å². The Kier molecular flexibility index (Phi) is 47.5. The topological polar surface area (TPSA) is 55.8 Å². The van der Waals surface area contributed by atoms with Gasteiger partial charge in [-0.1, -0.05) is 217 Å². The number of aliphatic hydroxyl groups is 1. The summed E-state index contributed by atoms with van der Waals surface area (Å²) >= 11 is 0. The van der Waals surface area contributed by atoms with Crippen LogP contribution in [0.15, 0.2) is 36.5 Å². The van der Waals surface area contributed by atoms with Crippen molar-refractivity contribution in [3.8, 4) is 0 Å². The molecule has 324 valence electrons. The molecule has 0 heterocycles. The monoisotopic (exact) mass is 773 g/mol. The predicted octanol–water partition coefficient (Wildman–Crippen LogP) is 16.4. The highest BCUT2D eigenvalue weighted by molar-refractivity contribution is 5.69. The number of unbranched alkanes of at least 4 members (excludes halogenated alkanes) is 32. The lowest BCUT2D eigenvalue weighted by molar-refractivity contribution is -0.154. The molecule has 0 saturated carbocycles. The first-order chi connectivity index (χ1) is 27.2. The molecule has 0 aliphatic rings. The Bertz CT molecular complexity index is 818. The van der Waals surface area contributed by atoms with Crippen molar-refractivity contribution in [3.63, 3.8) is 0 Å². The highest BCUT2D eigenvalue weighted by Gasteiger charge is 2.13. The summed E-state index contributed by atoms with van der Waals surface area (Å²) in [5, 5.41) is 9.63. The molecule has 0 aromatic rings. The first kappa shape index (κ1) is 53.6. The van der Waals surface area contributed by atoms with Crippen LogP contribution in [0.4, 0.5) is 0 Å². The van der Waals surface area contributed by atoms with Gasteiger partial charge in [0.1, 0.15) is 6.10 Å². The van der Waals surface area contributed by atoms with E-state index in [1.807, 2.05) is 0 Å². The lowest BCUT2D eigenvalue weighted by Gasteiger charge is -2.16. The maximum atomic E-state index is 12.2. The molecule has 0 aliphatic carbocycles. The maximum Gasteiger partial charge on any atom is 0.306 e. The molecule has 55 heavy (non-hydrogen) atoms. The summed E-state index contributed by atoms with van der Waals surface area (Å²) in [5.74, 6) is -0.205. The smallest absolute Gasteiger partial charge is 0.306 e. The van der Waals surface area contributed by atoms with Crippen molar-refractivity contribution in [2.75, 3.05) is 19.8 Å². The van der Waals surface area contributed by atoms with E-state index in [9.17, 15) is 9.90 Å². The van der Waals surface area contributed by atoms with Gasteiger partial charge in [0.2, 0.25) is 0 Å². The van der Waals surface area contributed by atoms with Gasteiger partial charge in [0.25, 0.3) is 0 Å². The Morgan fingerprint density at radius 1 is 0.436 bits per heavy atom. The van der Waals surface area contributed by atoms with Crippen molar-refractivity contribution in [1.29, 1.82) is 0 Å². The molecule has 0 aromatic carbocycles. The van der Waals surface area contributed by atoms with Crippen LogP contribution in [0, 0.1) is 0 Å². The lowest BCUT2D eigenvalue weighted by atomic mass is 10.0. The molecular formula is C51H96O4. The van der Waals surface area contributed by atoms with E-state index in [0.29, 0.717) is 19.6 Å². The minimum atomic E-state index is -0.537. The van der Waals surface area contributed by atoms with Gasteiger partial charge in [-0.3, -0.25) is 4.79 Å². The predicted molar refractivity (Wildman–Crippen MR) is 242 cm³/mol. The molecular weight excluding hydrogens is 677 g/mol. The molecule has 0 aromatic heterocycles. The number of hydrogen-bond donors (Lipinski definition) is 1. The fraction of sp³-hybridized carbons (Fsp3) is 0.863. The van der Waals surface area contributed by atoms with Crippen LogP contribution in [0.25, 0.3) is 0 Å². The zero-order valence-corrected chi connectivity index (χ0v) is 37.2. The molecule has 0 saturated heterocycles. The number of hydrogen-bond acceptors (Lipinski definition) is 4. The zero-order valence-electron chi connectivity index (χ0n) is 37.2. The maximum absolute atomic E-state index is 12.2. The number of aliphatic hydroxyl groups excluding tert-OH is 1. The Labute approximate surface area is 344 Å². The third kappa shape index (κ3) is 46.9. The number of carbonyl (C=O) groups is 1. The first-order valence-corrected chi connectivity index (χ1v) is 24.6. The van der Waals surface area contributed by atoms with E-state index in [2.05, 4.69) is 50.3 Å². The fourth-order valence-electron chi connectivity index (χ4n) is 7.24. The van der Waals surface area contributed by atoms with Gasteiger partial charge in [0.15, 0.2) is 0 Å². The average molecular weight is 773 g/mol. The van der Waals surface area contributed by atoms with Crippen LogP contribution >= 0.6 is 0 Å². The zero-order chi connectivity index (χ0) is 39.8. The van der Waals surface area contributed by atoms with Crippen molar-refractivity contribution in [3.05, 3.63) is 36.5 Å². The first-order valence-electron chi connectivity index (χ1n) is 24.6. The van der Waals surface area contributed by atoms with E-state index in [1.54, 1.807) is 0 Å². The standard InChI is InChI=1S/C51H96O4/c1-3-5-7-9-11-13-15-17-19-21-22-23-24-25-26-27-28-29-31-33-35-37-39-41-43-45-47-54-49-50(48-52)55-51(53)46-44-42-40-38-36-34-32-30-20-18-16-14-12-10-8-6-4-2/h12,14,18,20-22,50,52H,3-11,13,15-17,19,23-49H2,1-2H3/b14-12-,20-18-,22-21-. The number of ether oxygens (including phenoxy) is 2. The number of rotatable bonds is 46. The van der Waals surface area contributed by atoms with E-state index in [1.165, 1.54) is 212 Å². The largest absolute Gasteiger partial charge is 0.457 e. The number of allylic oxidation sites excluding steroid dienone is 6. The molecule has 4 heteroatoms. The molecule has 1 N–H and O–H groups in total. The van der Waals surface area contributed by atoms with Crippen LogP contribution in [-0.4, -0.2) is 37.0 Å². The van der Waals surface area contributed by atoms with Crippen LogP contribution in [0.5, 0.6) is 0 Å². The molecule has 0 spiro atoms. The van der Waals surface area contributed by atoms with Crippen LogP contribution in [-0.2, 0) is 14.3 Å². The quantitative estimate of drug-likeness (QED) is 0.0380. The third-order valence-electron chi connectivity index (χ3n) is 10.9. The van der Waals surface area contributed by atoms with E-state index in [4.69, 9.17) is 9.47 Å². The summed E-state index contributed by atoms with van der Waals surface area (Å²) in [6.07, 6.45) is 62.3. The molecule has 0 aliphatic heterocycles. The van der Waals surface area contributed by atoms with E-state index in [0.717, 1.165) is 25.7 Å². The minimum Gasteiger partial charge on any atom is -0.457 e. The average Bonchev–Trinajstić information content (AvgIpc) is 3.19. The molecule has 4 nitrogen and oxygen atoms in total. The molecule has 1 atom stereocenters. The Balaban J connectivity index is 3.38. The Morgan fingerprint density at radius 2 is 0.764 bits per heavy atom. The SMILES string of the molecule is CCCCC/C=C\C/C=C\CCCCCCCCCC(=O)OC(CO)COCCCCCCCCCCCCCCCC/C=C\CCCCCCCCCC. The number of carbonyl (C=O) groups excluding carboxylic acids is 1. The van der Waals surface area contributed by atoms with Gasteiger partial charge in [-0.15, -0.1) is 0 Å². The van der Waals surface area contributed by atoms with Crippen LogP contribution in [0.3, 0.4) is 0 Å². The van der Waals surface area contributed by atoms with E-state index < -0.39 is 6.10 Å². The summed E-state index contributed by atoms with van der Waals surface area (Å²) in [6, 6.07) is 0. The van der Waals surface area contributed by atoms with Crippen LogP contribution < -0.4 is 0 Å². The normalized spacial score (nSPS) is 12.6. The van der Waals surface area contributed by atoms with E-state index in [-0.39, 0.29) is 12.6 Å². The van der Waals surface area contributed by atoms with Crippen LogP contribution in [0.1, 0.15) is 258 Å². The van der Waals surface area contributed by atoms with Crippen molar-refractivity contribution in [1.82, 2.24) is 0 Å². The van der Waals surface area contributed by atoms with E-state index >= 15 is 0 Å². The molecule has 1 unspecified atom stereocenters. The summed E-state index contributed by atoms with van der Waals surface area (Å²) in [5.41, 5.74) is 0. The van der Waals surface area contributed by atoms with Crippen molar-refractivity contribution in [2.45, 2.75) is 264 Å². The van der Waals surface area contributed by atoms with Crippen LogP contribution in [0.2, 0.25) is 0 Å². The molecule has 0 fully saturated rings. The third-order valence-corrected chi connectivity index (χ3v) is 10.9. The van der Waals surface area contributed by atoms with Crippen molar-refractivity contribution < 1.29 is 19.4 Å². The molecule has 0 amide bonds. The molecule has 0 bridgehead atoms. The summed E-state index contributed by atoms with van der Waals surface area (Å²) in [4.78, 5) is 12.2. The number of esters is 1. The minimum absolute atomic E-state index is 0.173. The summed E-state index contributed by atoms with van der Waals surface area (Å²) in [7, 11) is 0. The molecule has 0 radical (unpaired) electrons. The Morgan fingerprint density at radius 3 is 1.18 bits per heavy atom. The Hall–Kier alpha value is -1.39.